The molecule has 10 aromatic heterocycles. The van der Waals surface area contributed by atoms with Crippen molar-refractivity contribution in [2.45, 2.75) is 105 Å². The first kappa shape index (κ1) is 79.6. The van der Waals surface area contributed by atoms with Gasteiger partial charge in [-0.25, -0.2) is 63.7 Å². The van der Waals surface area contributed by atoms with E-state index in [0.717, 1.165) is 18.2 Å². The predicted molar refractivity (Wildman–Crippen MR) is 513 cm³/mol. The fraction of sp³-hybridized carbons (Fsp3) is 0.155. The van der Waals surface area contributed by atoms with Gasteiger partial charge in [-0.15, -0.1) is 0 Å². The SMILES string of the molecule is Cc1ncc(B2OC(C)(C)C(C)(C)O2)cc1C(=O)O.Fc1cccc(-c2ncc3c(Cl)cccn23)c1F.[2H]c1c([2H])c(F)c([2H])c([2H])c1N.[2H]c1c([2H])c(NC(=O)c2cc(-c3cccn4c(-c5cccc(F)c5F)ncc34)cnc2C)c([2H])c([2H])c1F.[2H]c1c([2H])c(NC(=O)c2cc(-c3cccn4c(-c5cccc(F)c5F)ncc34)cnc2C)c([2H])c([2H])c1F.[2H]c1c([2H])c(NC(=O)c2cc(B3OC(C)(C)C(C)(C)O3)cnc2C)c([2H])c([2H])c1F. The number of nitrogens with one attached hydrogen (secondary N) is 3. The minimum Gasteiger partial charge on any atom is -0.478 e. The van der Waals surface area contributed by atoms with E-state index in [1.807, 2.05) is 55.4 Å². The van der Waals surface area contributed by atoms with Crippen LogP contribution in [0, 0.1) is 85.9 Å². The van der Waals surface area contributed by atoms with Crippen molar-refractivity contribution in [3.63, 3.8) is 0 Å². The van der Waals surface area contributed by atoms with E-state index in [1.165, 1.54) is 79.5 Å². The van der Waals surface area contributed by atoms with E-state index >= 15 is 0 Å². The van der Waals surface area contributed by atoms with E-state index in [1.54, 1.807) is 120 Å². The molecule has 17 aromatic rings. The van der Waals surface area contributed by atoms with Crippen LogP contribution in [0.5, 0.6) is 0 Å². The van der Waals surface area contributed by atoms with E-state index in [4.69, 9.17) is 63.0 Å². The molecule has 706 valence electrons. The number of amides is 3. The molecule has 2 aliphatic rings. The number of pyridine rings is 7. The van der Waals surface area contributed by atoms with Gasteiger partial charge in [-0.3, -0.25) is 47.5 Å². The number of fused-ring (bicyclic) bond motifs is 3. The molecule has 0 atom stereocenters. The second-order valence-electron chi connectivity index (χ2n) is 32.7. The fourth-order valence-corrected chi connectivity index (χ4v) is 13.9. The van der Waals surface area contributed by atoms with Gasteiger partial charge < -0.3 is 45.4 Å². The zero-order valence-electron chi connectivity index (χ0n) is 91.3. The van der Waals surface area contributed by atoms with Gasteiger partial charge in [-0.2, -0.15) is 0 Å². The average molecular weight is 1930 g/mol. The van der Waals surface area contributed by atoms with Crippen LogP contribution in [0.25, 0.3) is 73.0 Å². The van der Waals surface area contributed by atoms with Crippen molar-refractivity contribution < 1.29 is 109 Å². The maximum Gasteiger partial charge on any atom is 0.496 e. The maximum absolute atomic E-state index is 14.5. The van der Waals surface area contributed by atoms with Gasteiger partial charge in [-0.1, -0.05) is 41.9 Å². The van der Waals surface area contributed by atoms with Gasteiger partial charge in [0.2, 0.25) is 0 Å². The van der Waals surface area contributed by atoms with Crippen LogP contribution < -0.4 is 32.6 Å². The topological polar surface area (TPSA) is 291 Å². The molecule has 0 unspecified atom stereocenters. The number of carboxylic acid groups (broad SMARTS) is 1. The molecule has 19 rings (SSSR count). The Bertz CT molecular complexity index is 8110. The number of halogens is 11. The van der Waals surface area contributed by atoms with Crippen LogP contribution in [0.1, 0.15) is 142 Å². The monoisotopic (exact) mass is 1930 g/mol. The summed E-state index contributed by atoms with van der Waals surface area (Å²) in [6.45, 7) is 21.8. The third kappa shape index (κ3) is 22.4. The van der Waals surface area contributed by atoms with Gasteiger partial charge >= 0.3 is 20.2 Å². The number of imidazole rings is 3. The number of carbonyl (C=O) groups excluding carboxylic acids is 3. The number of benzene rings is 7. The third-order valence-corrected chi connectivity index (χ3v) is 22.7. The minimum atomic E-state index is -1.32. The van der Waals surface area contributed by atoms with Crippen molar-refractivity contribution in [1.82, 2.24) is 48.1 Å². The number of hydrogen-bond donors (Lipinski definition) is 5. The summed E-state index contributed by atoms with van der Waals surface area (Å²) in [4.78, 5) is 79.8. The molecular formula is C103H87B2ClF10N14O9. The Kier molecular flexibility index (Phi) is 23.8. The molecule has 3 amide bonds. The molecule has 0 radical (unpaired) electrons. The Labute approximate surface area is 818 Å². The number of aryl methyl sites for hydroxylation is 4. The Hall–Kier alpha value is -15.6. The van der Waals surface area contributed by atoms with Crippen LogP contribution in [-0.4, -0.2) is 114 Å². The molecule has 0 bridgehead atoms. The Balaban J connectivity index is 0.000000151. The maximum atomic E-state index is 14.5. The van der Waals surface area contributed by atoms with Crippen molar-refractivity contribution in [3.8, 4) is 56.4 Å². The summed E-state index contributed by atoms with van der Waals surface area (Å²) in [7, 11) is -1.32. The number of nitrogens with zero attached hydrogens (tertiary/aromatic N) is 10. The summed E-state index contributed by atoms with van der Waals surface area (Å²) in [6, 6.07) is 15.9. The van der Waals surface area contributed by atoms with Gasteiger partial charge in [0.1, 0.15) is 40.7 Å². The Morgan fingerprint density at radius 3 is 0.986 bits per heavy atom. The molecule has 7 aromatic carbocycles. The normalized spacial score (nSPS) is 15.2. The Morgan fingerprint density at radius 2 is 0.647 bits per heavy atom. The fourth-order valence-electron chi connectivity index (χ4n) is 13.7. The number of aromatic nitrogens is 10. The highest BCUT2D eigenvalue weighted by molar-refractivity contribution is 6.62. The van der Waals surface area contributed by atoms with E-state index in [9.17, 15) is 63.1 Å². The zero-order chi connectivity index (χ0) is 114. The Morgan fingerprint density at radius 1 is 0.367 bits per heavy atom. The summed E-state index contributed by atoms with van der Waals surface area (Å²) in [5.41, 5.74) is 8.43. The minimum absolute atomic E-state index is 0.0246. The molecule has 6 N–H and O–H groups in total. The predicted octanol–water partition coefficient (Wildman–Crippen LogP) is 21.9. The average Bonchev–Trinajstić information content (AvgIpc) is 1.60. The van der Waals surface area contributed by atoms with Crippen molar-refractivity contribution in [3.05, 3.63) is 382 Å². The molecule has 23 nitrogen and oxygen atoms in total. The smallest absolute Gasteiger partial charge is 0.478 e. The lowest BCUT2D eigenvalue weighted by Gasteiger charge is -2.32. The second kappa shape index (κ2) is 41.6. The highest BCUT2D eigenvalue weighted by atomic mass is 35.5. The van der Waals surface area contributed by atoms with Gasteiger partial charge in [0.05, 0.1) is 141 Å². The number of nitrogens with two attached hydrogens (primary N) is 1. The number of anilines is 4. The van der Waals surface area contributed by atoms with Crippen LogP contribution in [0.4, 0.5) is 66.7 Å². The molecule has 0 spiro atoms. The van der Waals surface area contributed by atoms with Crippen LogP contribution in [0.2, 0.25) is 5.02 Å². The molecule has 2 aliphatic heterocycles. The van der Waals surface area contributed by atoms with Crippen LogP contribution >= 0.6 is 11.6 Å². The highest BCUT2D eigenvalue weighted by Crippen LogP contribution is 2.40. The molecule has 0 aliphatic carbocycles. The first-order valence-electron chi connectivity index (χ1n) is 49.7. The number of nitrogen functional groups attached to an aromatic ring is 1. The second-order valence-corrected chi connectivity index (χ2v) is 33.1. The van der Waals surface area contributed by atoms with Crippen molar-refractivity contribution in [2.75, 3.05) is 21.7 Å². The summed E-state index contributed by atoms with van der Waals surface area (Å²) in [6.07, 6.45) is 15.7. The van der Waals surface area contributed by atoms with E-state index in [0.29, 0.717) is 83.4 Å². The first-order chi connectivity index (χ1) is 72.7. The largest absolute Gasteiger partial charge is 0.496 e. The van der Waals surface area contributed by atoms with E-state index < -0.39 is 232 Å². The van der Waals surface area contributed by atoms with Crippen LogP contribution in [0.3, 0.4) is 0 Å². The van der Waals surface area contributed by atoms with Gasteiger partial charge in [0.15, 0.2) is 34.9 Å². The summed E-state index contributed by atoms with van der Waals surface area (Å²) >= 11 is 6.00. The first-order valence-corrected chi connectivity index (χ1v) is 42.0. The van der Waals surface area contributed by atoms with Crippen molar-refractivity contribution >= 4 is 99.8 Å². The quantitative estimate of drug-likeness (QED) is 0.0384. The van der Waals surface area contributed by atoms with Crippen molar-refractivity contribution in [2.24, 2.45) is 0 Å². The molecular weight excluding hydrogens is 1820 g/mol. The molecule has 36 heteroatoms. The summed E-state index contributed by atoms with van der Waals surface area (Å²) in [5.74, 6) is -13.5. The number of carboxylic acids is 1. The van der Waals surface area contributed by atoms with Crippen LogP contribution in [0.15, 0.2) is 274 Å². The summed E-state index contributed by atoms with van der Waals surface area (Å²) in [5, 5.41) is 16.7. The lowest BCUT2D eigenvalue weighted by atomic mass is 9.79. The van der Waals surface area contributed by atoms with Gasteiger partial charge in [-0.05, 0) is 265 Å². The van der Waals surface area contributed by atoms with Crippen molar-refractivity contribution in [1.29, 1.82) is 0 Å². The number of rotatable bonds is 14. The molecule has 2 saturated heterocycles. The van der Waals surface area contributed by atoms with Gasteiger partial charge in [0.25, 0.3) is 17.7 Å². The van der Waals surface area contributed by atoms with E-state index in [-0.39, 0.29) is 56.3 Å². The molecule has 12 heterocycles. The number of carbonyl (C=O) groups is 4. The third-order valence-electron chi connectivity index (χ3n) is 22.4. The molecule has 0 saturated carbocycles. The zero-order valence-corrected chi connectivity index (χ0v) is 76.1. The van der Waals surface area contributed by atoms with Gasteiger partial charge in [0, 0.05) is 105 Å². The van der Waals surface area contributed by atoms with E-state index in [2.05, 4.69) is 50.8 Å². The lowest BCUT2D eigenvalue weighted by Crippen LogP contribution is -2.41. The molecule has 2 fully saturated rings. The number of aromatic carboxylic acids is 1. The number of hydrogen-bond acceptors (Lipinski definition) is 16. The summed E-state index contributed by atoms with van der Waals surface area (Å²) < 4.78 is 288. The highest BCUT2D eigenvalue weighted by Gasteiger charge is 2.53. The standard InChI is InChI=1S/2C26H17F3N4O.C19H22BFN2O3.C13H18BNO4.C13H7ClF2N2.C6H6FN/c2*1-15-21(26(34)32-18-9-7-17(27)8-10-18)12-16(13-30-15)19-5-3-11-33-23(19)14-31-25(33)20-4-2-6-22(28)24(20)29;1-12-16(17(24)23-15-8-6-14(21)7-9-15)10-13(11-22-12)20-25-18(2,3)19(4,5)26-20;1-8-10(11(16)17)6-9(7-15-8)14-18-12(2,3)13(4,5)19-14;14-9-4-2-6-18-11(9)7-17-13(18)8-3-1-5-10(15)12(8)16;7-5-1-3-6(8)4-2-5/h2*2-14H,1H3,(H,32,34);6-11H,1-5H3,(H,23,24);6-7H,1-5H3,(H,16,17);1-7H;1-4H,8H2/i2*7D,8D,9D,10D;6D,7D,8D,9D;;;1D,2D,3D,4D. The molecule has 139 heavy (non-hydrogen) atoms. The van der Waals surface area contributed by atoms with Crippen LogP contribution in [-0.2, 0) is 18.6 Å². The lowest BCUT2D eigenvalue weighted by molar-refractivity contribution is 0.00578.